The zero-order valence-corrected chi connectivity index (χ0v) is 16.1. The second-order valence-corrected chi connectivity index (χ2v) is 8.29. The number of hydrogen-bond donors (Lipinski definition) is 0. The molecule has 1 aromatic rings. The number of rotatable bonds is 3. The highest BCUT2D eigenvalue weighted by atomic mass is 16.7. The summed E-state index contributed by atoms with van der Waals surface area (Å²) in [4.78, 5) is 31.6. The molecule has 2 amide bonds. The smallest absolute Gasteiger partial charge is 0.260 e. The average Bonchev–Trinajstić information content (AvgIpc) is 2.86. The van der Waals surface area contributed by atoms with E-state index in [1.54, 1.807) is 11.9 Å². The average molecular weight is 360 g/mol. The highest BCUT2D eigenvalue weighted by Gasteiger charge is 2.46. The molecular formula is C20H28N2O4. The molecule has 2 fully saturated rings. The third-order valence-electron chi connectivity index (χ3n) is 5.27. The largest absolute Gasteiger partial charge is 0.484 e. The number of carbonyl (C=O) groups excluding carboxylic acids is 2. The second kappa shape index (κ2) is 6.91. The third kappa shape index (κ3) is 4.01. The fourth-order valence-corrected chi connectivity index (χ4v) is 3.48. The van der Waals surface area contributed by atoms with Gasteiger partial charge in [-0.05, 0) is 36.0 Å². The van der Waals surface area contributed by atoms with E-state index in [0.29, 0.717) is 38.1 Å². The van der Waals surface area contributed by atoms with E-state index in [0.717, 1.165) is 0 Å². The fourth-order valence-electron chi connectivity index (χ4n) is 3.48. The van der Waals surface area contributed by atoms with Crippen LogP contribution in [0.3, 0.4) is 0 Å². The molecule has 0 radical (unpaired) electrons. The van der Waals surface area contributed by atoms with E-state index in [-0.39, 0.29) is 23.8 Å². The lowest BCUT2D eigenvalue weighted by Gasteiger charge is -2.37. The standard InChI is InChI=1S/C20H28N2O4/c1-19(2,3)15-5-7-16(8-6-15)25-14-18(24)22-11-9-20(10-12-22)13-17(23)21(4)26-20/h5-8H,9-14H2,1-4H3. The van der Waals surface area contributed by atoms with E-state index >= 15 is 0 Å². The number of amides is 2. The number of benzene rings is 1. The molecule has 0 N–H and O–H groups in total. The van der Waals surface area contributed by atoms with E-state index in [2.05, 4.69) is 20.8 Å². The molecule has 2 heterocycles. The summed E-state index contributed by atoms with van der Waals surface area (Å²) in [6.07, 6.45) is 1.76. The molecule has 2 aliphatic heterocycles. The zero-order chi connectivity index (χ0) is 18.9. The summed E-state index contributed by atoms with van der Waals surface area (Å²) < 4.78 is 5.65. The Kier molecular flexibility index (Phi) is 4.97. The first-order valence-electron chi connectivity index (χ1n) is 9.15. The Balaban J connectivity index is 1.48. The quantitative estimate of drug-likeness (QED) is 0.831. The van der Waals surface area contributed by atoms with Gasteiger partial charge in [-0.3, -0.25) is 14.4 Å². The van der Waals surface area contributed by atoms with Crippen molar-refractivity contribution in [3.63, 3.8) is 0 Å². The maximum atomic E-state index is 12.4. The van der Waals surface area contributed by atoms with Crippen molar-refractivity contribution in [2.45, 2.75) is 51.0 Å². The summed E-state index contributed by atoms with van der Waals surface area (Å²) in [5.41, 5.74) is 0.899. The normalized spacial score (nSPS) is 19.9. The van der Waals surface area contributed by atoms with E-state index < -0.39 is 5.60 Å². The Morgan fingerprint density at radius 3 is 2.31 bits per heavy atom. The lowest BCUT2D eigenvalue weighted by molar-refractivity contribution is -0.199. The first-order valence-corrected chi connectivity index (χ1v) is 9.15. The van der Waals surface area contributed by atoms with Crippen molar-refractivity contribution in [3.05, 3.63) is 29.8 Å². The molecule has 0 bridgehead atoms. The highest BCUT2D eigenvalue weighted by molar-refractivity contribution is 5.79. The summed E-state index contributed by atoms with van der Waals surface area (Å²) in [7, 11) is 1.65. The van der Waals surface area contributed by atoms with Crippen LogP contribution in [0.4, 0.5) is 0 Å². The Hall–Kier alpha value is -2.08. The van der Waals surface area contributed by atoms with Gasteiger partial charge in [0.15, 0.2) is 6.61 Å². The maximum absolute atomic E-state index is 12.4. The molecule has 0 aromatic heterocycles. The first-order chi connectivity index (χ1) is 12.2. The van der Waals surface area contributed by atoms with Crippen LogP contribution >= 0.6 is 0 Å². The van der Waals surface area contributed by atoms with Gasteiger partial charge in [0, 0.05) is 20.1 Å². The van der Waals surface area contributed by atoms with E-state index in [1.807, 2.05) is 24.3 Å². The van der Waals surface area contributed by atoms with Crippen molar-refractivity contribution < 1.29 is 19.2 Å². The van der Waals surface area contributed by atoms with Crippen molar-refractivity contribution in [2.24, 2.45) is 0 Å². The van der Waals surface area contributed by atoms with Gasteiger partial charge in [-0.15, -0.1) is 0 Å². The summed E-state index contributed by atoms with van der Waals surface area (Å²) in [5, 5.41) is 1.32. The van der Waals surface area contributed by atoms with Gasteiger partial charge in [0.2, 0.25) is 5.91 Å². The van der Waals surface area contributed by atoms with Gasteiger partial charge in [0.1, 0.15) is 11.4 Å². The van der Waals surface area contributed by atoms with Gasteiger partial charge in [-0.1, -0.05) is 32.9 Å². The number of piperidine rings is 1. The molecule has 3 rings (SSSR count). The molecule has 2 saturated heterocycles. The van der Waals surface area contributed by atoms with Crippen LogP contribution in [0.5, 0.6) is 5.75 Å². The Bertz CT molecular complexity index is 670. The molecule has 142 valence electrons. The van der Waals surface area contributed by atoms with Crippen molar-refractivity contribution in [3.8, 4) is 5.75 Å². The van der Waals surface area contributed by atoms with Crippen molar-refractivity contribution in [2.75, 3.05) is 26.7 Å². The molecular weight excluding hydrogens is 332 g/mol. The van der Waals surface area contributed by atoms with Crippen LogP contribution in [0.2, 0.25) is 0 Å². The third-order valence-corrected chi connectivity index (χ3v) is 5.27. The van der Waals surface area contributed by atoms with Crippen LogP contribution in [0, 0.1) is 0 Å². The monoisotopic (exact) mass is 360 g/mol. The second-order valence-electron chi connectivity index (χ2n) is 8.29. The number of hydroxylamine groups is 2. The molecule has 0 saturated carbocycles. The summed E-state index contributed by atoms with van der Waals surface area (Å²) in [6.45, 7) is 7.69. The van der Waals surface area contributed by atoms with Gasteiger partial charge in [0.25, 0.3) is 5.91 Å². The molecule has 1 aromatic carbocycles. The lowest BCUT2D eigenvalue weighted by Crippen LogP contribution is -2.48. The van der Waals surface area contributed by atoms with E-state index in [9.17, 15) is 9.59 Å². The van der Waals surface area contributed by atoms with Crippen LogP contribution in [0.25, 0.3) is 0 Å². The number of ether oxygens (including phenoxy) is 1. The SMILES string of the molecule is CN1OC2(CCN(C(=O)COc3ccc(C(C)(C)C)cc3)CC2)CC1=O. The van der Waals surface area contributed by atoms with Crippen LogP contribution in [-0.2, 0) is 19.8 Å². The molecule has 0 atom stereocenters. The first kappa shape index (κ1) is 18.7. The summed E-state index contributed by atoms with van der Waals surface area (Å²) >= 11 is 0. The maximum Gasteiger partial charge on any atom is 0.260 e. The summed E-state index contributed by atoms with van der Waals surface area (Å²) in [6, 6.07) is 7.89. The molecule has 2 aliphatic rings. The molecule has 6 nitrogen and oxygen atoms in total. The van der Waals surface area contributed by atoms with Crippen LogP contribution in [0.15, 0.2) is 24.3 Å². The Morgan fingerprint density at radius 2 is 1.81 bits per heavy atom. The van der Waals surface area contributed by atoms with E-state index in [4.69, 9.17) is 9.57 Å². The van der Waals surface area contributed by atoms with Crippen LogP contribution < -0.4 is 4.74 Å². The van der Waals surface area contributed by atoms with Gasteiger partial charge < -0.3 is 9.64 Å². The lowest BCUT2D eigenvalue weighted by atomic mass is 9.87. The molecule has 26 heavy (non-hydrogen) atoms. The van der Waals surface area contributed by atoms with Gasteiger partial charge >= 0.3 is 0 Å². The minimum absolute atomic E-state index is 0.00631. The molecule has 0 unspecified atom stereocenters. The predicted octanol–water partition coefficient (Wildman–Crippen LogP) is 2.52. The summed E-state index contributed by atoms with van der Waals surface area (Å²) in [5.74, 6) is 0.676. The number of carbonyl (C=O) groups is 2. The zero-order valence-electron chi connectivity index (χ0n) is 16.1. The molecule has 6 heteroatoms. The minimum atomic E-state index is -0.424. The van der Waals surface area contributed by atoms with Gasteiger partial charge in [0.05, 0.1) is 6.42 Å². The van der Waals surface area contributed by atoms with Crippen molar-refractivity contribution >= 4 is 11.8 Å². The van der Waals surface area contributed by atoms with Gasteiger partial charge in [-0.2, -0.15) is 0 Å². The predicted molar refractivity (Wildman–Crippen MR) is 97.7 cm³/mol. The van der Waals surface area contributed by atoms with Crippen LogP contribution in [-0.4, -0.2) is 54.1 Å². The van der Waals surface area contributed by atoms with E-state index in [1.165, 1.54) is 10.6 Å². The number of hydrogen-bond acceptors (Lipinski definition) is 4. The molecule has 1 spiro atoms. The highest BCUT2D eigenvalue weighted by Crippen LogP contribution is 2.35. The van der Waals surface area contributed by atoms with Crippen molar-refractivity contribution in [1.82, 2.24) is 9.96 Å². The Labute approximate surface area is 155 Å². The number of nitrogens with zero attached hydrogens (tertiary/aromatic N) is 2. The van der Waals surface area contributed by atoms with Crippen LogP contribution in [0.1, 0.15) is 45.6 Å². The topological polar surface area (TPSA) is 59.1 Å². The minimum Gasteiger partial charge on any atom is -0.484 e. The molecule has 0 aliphatic carbocycles. The Morgan fingerprint density at radius 1 is 1.19 bits per heavy atom. The van der Waals surface area contributed by atoms with Gasteiger partial charge in [-0.25, -0.2) is 5.06 Å². The fraction of sp³-hybridized carbons (Fsp3) is 0.600. The van der Waals surface area contributed by atoms with Crippen molar-refractivity contribution in [1.29, 1.82) is 0 Å². The number of likely N-dealkylation sites (tertiary alicyclic amines) is 1.